The molecular formula is C17H12BrN. The van der Waals surface area contributed by atoms with E-state index in [4.69, 9.17) is 0 Å². The van der Waals surface area contributed by atoms with Gasteiger partial charge in [-0.3, -0.25) is 0 Å². The lowest BCUT2D eigenvalue weighted by Crippen LogP contribution is -1.82. The number of rotatable bonds is 0. The van der Waals surface area contributed by atoms with Crippen molar-refractivity contribution in [3.05, 3.63) is 58.6 Å². The fourth-order valence-corrected chi connectivity index (χ4v) is 3.67. The highest BCUT2D eigenvalue weighted by Gasteiger charge is 2.11. The van der Waals surface area contributed by atoms with Gasteiger partial charge in [-0.05, 0) is 24.6 Å². The van der Waals surface area contributed by atoms with Crippen molar-refractivity contribution in [1.82, 2.24) is 4.98 Å². The second-order valence-electron chi connectivity index (χ2n) is 4.95. The first-order valence-electron chi connectivity index (χ1n) is 6.34. The van der Waals surface area contributed by atoms with Gasteiger partial charge in [0.2, 0.25) is 0 Å². The van der Waals surface area contributed by atoms with Crippen molar-refractivity contribution >= 4 is 48.5 Å². The van der Waals surface area contributed by atoms with Gasteiger partial charge in [0.05, 0.1) is 5.52 Å². The lowest BCUT2D eigenvalue weighted by molar-refractivity contribution is 1.51. The Bertz CT molecular complexity index is 934. The highest BCUT2D eigenvalue weighted by molar-refractivity contribution is 9.10. The van der Waals surface area contributed by atoms with Crippen molar-refractivity contribution in [2.45, 2.75) is 6.92 Å². The molecule has 0 saturated heterocycles. The van der Waals surface area contributed by atoms with Gasteiger partial charge in [0.25, 0.3) is 0 Å². The molecule has 0 fully saturated rings. The number of halogens is 1. The Morgan fingerprint density at radius 2 is 1.68 bits per heavy atom. The largest absolute Gasteiger partial charge is 0.354 e. The Morgan fingerprint density at radius 3 is 2.58 bits per heavy atom. The quantitative estimate of drug-likeness (QED) is 0.438. The maximum atomic E-state index is 3.73. The second-order valence-corrected chi connectivity index (χ2v) is 5.80. The SMILES string of the molecule is Cc1cccc2c1c(Br)cc1c3ccccc3[nH]c21. The maximum Gasteiger partial charge on any atom is 0.0545 e. The monoisotopic (exact) mass is 309 g/mol. The van der Waals surface area contributed by atoms with Crippen molar-refractivity contribution < 1.29 is 0 Å². The molecule has 0 atom stereocenters. The van der Waals surface area contributed by atoms with Crippen molar-refractivity contribution in [3.8, 4) is 0 Å². The first-order chi connectivity index (χ1) is 9.25. The number of nitrogens with one attached hydrogen (secondary N) is 1. The number of para-hydroxylation sites is 1. The Morgan fingerprint density at radius 1 is 0.895 bits per heavy atom. The molecule has 3 aromatic carbocycles. The van der Waals surface area contributed by atoms with Crippen LogP contribution in [-0.4, -0.2) is 4.98 Å². The number of fused-ring (bicyclic) bond motifs is 5. The van der Waals surface area contributed by atoms with Crippen LogP contribution >= 0.6 is 15.9 Å². The number of aromatic nitrogens is 1. The summed E-state index contributed by atoms with van der Waals surface area (Å²) in [5.41, 5.74) is 3.71. The van der Waals surface area contributed by atoms with Crippen LogP contribution in [0.15, 0.2) is 53.0 Å². The molecule has 2 heteroatoms. The summed E-state index contributed by atoms with van der Waals surface area (Å²) in [5, 5.41) is 5.13. The predicted octanol–water partition coefficient (Wildman–Crippen LogP) is 5.55. The minimum atomic E-state index is 1.16. The lowest BCUT2D eigenvalue weighted by Gasteiger charge is -2.06. The minimum absolute atomic E-state index is 1.16. The van der Waals surface area contributed by atoms with Gasteiger partial charge in [-0.2, -0.15) is 0 Å². The summed E-state index contributed by atoms with van der Waals surface area (Å²) in [7, 11) is 0. The van der Waals surface area contributed by atoms with Crippen molar-refractivity contribution in [1.29, 1.82) is 0 Å². The molecule has 1 nitrogen and oxygen atoms in total. The molecule has 4 aromatic rings. The summed E-state index contributed by atoms with van der Waals surface area (Å²) < 4.78 is 1.16. The van der Waals surface area contributed by atoms with Gasteiger partial charge in [0, 0.05) is 31.5 Å². The van der Waals surface area contributed by atoms with E-state index in [0.717, 1.165) is 4.47 Å². The molecule has 19 heavy (non-hydrogen) atoms. The second kappa shape index (κ2) is 3.84. The third-order valence-corrected chi connectivity index (χ3v) is 4.42. The summed E-state index contributed by atoms with van der Waals surface area (Å²) >= 11 is 3.73. The fraction of sp³-hybridized carbons (Fsp3) is 0.0588. The van der Waals surface area contributed by atoms with Crippen LogP contribution in [0.5, 0.6) is 0 Å². The Kier molecular flexibility index (Phi) is 2.24. The molecule has 0 amide bonds. The van der Waals surface area contributed by atoms with Gasteiger partial charge in [-0.25, -0.2) is 0 Å². The van der Waals surface area contributed by atoms with Gasteiger partial charge in [0.1, 0.15) is 0 Å². The van der Waals surface area contributed by atoms with E-state index < -0.39 is 0 Å². The standard InChI is InChI=1S/C17H12BrN/c1-10-5-4-7-12-16(10)14(18)9-13-11-6-2-3-8-15(11)19-17(12)13/h2-9,19H,1H3. The zero-order valence-corrected chi connectivity index (χ0v) is 12.1. The van der Waals surface area contributed by atoms with Gasteiger partial charge in [-0.15, -0.1) is 0 Å². The Labute approximate surface area is 119 Å². The van der Waals surface area contributed by atoms with Crippen LogP contribution in [-0.2, 0) is 0 Å². The van der Waals surface area contributed by atoms with Crippen LogP contribution in [0.2, 0.25) is 0 Å². The van der Waals surface area contributed by atoms with E-state index in [9.17, 15) is 0 Å². The predicted molar refractivity (Wildman–Crippen MR) is 85.7 cm³/mol. The van der Waals surface area contributed by atoms with Gasteiger partial charge < -0.3 is 4.98 Å². The number of aryl methyl sites for hydroxylation is 1. The molecule has 1 heterocycles. The van der Waals surface area contributed by atoms with E-state index in [1.54, 1.807) is 0 Å². The first-order valence-corrected chi connectivity index (χ1v) is 7.13. The molecule has 0 radical (unpaired) electrons. The average molecular weight is 310 g/mol. The molecule has 0 aliphatic rings. The zero-order chi connectivity index (χ0) is 13.0. The molecule has 0 spiro atoms. The Hall–Kier alpha value is -1.80. The maximum absolute atomic E-state index is 3.73. The number of hydrogen-bond donors (Lipinski definition) is 1. The number of H-pyrrole nitrogens is 1. The van der Waals surface area contributed by atoms with Crippen LogP contribution in [0, 0.1) is 6.92 Å². The zero-order valence-electron chi connectivity index (χ0n) is 10.5. The third-order valence-electron chi connectivity index (χ3n) is 3.80. The van der Waals surface area contributed by atoms with Crippen LogP contribution in [0.3, 0.4) is 0 Å². The van der Waals surface area contributed by atoms with E-state index >= 15 is 0 Å². The molecule has 4 rings (SSSR count). The smallest absolute Gasteiger partial charge is 0.0545 e. The van der Waals surface area contributed by atoms with Crippen LogP contribution in [0.25, 0.3) is 32.6 Å². The number of hydrogen-bond acceptors (Lipinski definition) is 0. The van der Waals surface area contributed by atoms with Gasteiger partial charge in [-0.1, -0.05) is 52.3 Å². The van der Waals surface area contributed by atoms with Crippen molar-refractivity contribution in [3.63, 3.8) is 0 Å². The molecule has 0 unspecified atom stereocenters. The molecule has 92 valence electrons. The third kappa shape index (κ3) is 1.47. The molecule has 0 bridgehead atoms. The summed E-state index contributed by atoms with van der Waals surface area (Å²) in [5.74, 6) is 0. The summed E-state index contributed by atoms with van der Waals surface area (Å²) in [6, 6.07) is 17.1. The molecule has 0 aliphatic heterocycles. The summed E-state index contributed by atoms with van der Waals surface area (Å²) in [6.07, 6.45) is 0. The average Bonchev–Trinajstić information content (AvgIpc) is 2.78. The van der Waals surface area contributed by atoms with E-state index in [1.165, 1.54) is 38.1 Å². The Balaban J connectivity index is 2.36. The van der Waals surface area contributed by atoms with Crippen molar-refractivity contribution in [2.24, 2.45) is 0 Å². The topological polar surface area (TPSA) is 15.8 Å². The van der Waals surface area contributed by atoms with Crippen LogP contribution in [0.1, 0.15) is 5.56 Å². The highest BCUT2D eigenvalue weighted by Crippen LogP contribution is 2.36. The van der Waals surface area contributed by atoms with Gasteiger partial charge in [0.15, 0.2) is 0 Å². The molecule has 0 saturated carbocycles. The summed E-state index contributed by atoms with van der Waals surface area (Å²) in [6.45, 7) is 2.15. The van der Waals surface area contributed by atoms with E-state index in [-0.39, 0.29) is 0 Å². The van der Waals surface area contributed by atoms with Crippen molar-refractivity contribution in [2.75, 3.05) is 0 Å². The molecular weight excluding hydrogens is 298 g/mol. The number of benzene rings is 3. The van der Waals surface area contributed by atoms with Crippen LogP contribution < -0.4 is 0 Å². The molecule has 1 aromatic heterocycles. The first kappa shape index (κ1) is 11.1. The summed E-state index contributed by atoms with van der Waals surface area (Å²) in [4.78, 5) is 3.55. The normalized spacial score (nSPS) is 11.7. The van der Waals surface area contributed by atoms with Gasteiger partial charge >= 0.3 is 0 Å². The van der Waals surface area contributed by atoms with E-state index in [0.29, 0.717) is 0 Å². The highest BCUT2D eigenvalue weighted by atomic mass is 79.9. The van der Waals surface area contributed by atoms with Crippen LogP contribution in [0.4, 0.5) is 0 Å². The lowest BCUT2D eigenvalue weighted by atomic mass is 10.0. The molecule has 1 N–H and O–H groups in total. The van der Waals surface area contributed by atoms with E-state index in [1.807, 2.05) is 0 Å². The minimum Gasteiger partial charge on any atom is -0.354 e. The molecule has 0 aliphatic carbocycles. The van der Waals surface area contributed by atoms with E-state index in [2.05, 4.69) is 76.4 Å². The fourth-order valence-electron chi connectivity index (χ4n) is 2.92. The number of aromatic amines is 1.